The number of hydrogen-bond acceptors (Lipinski definition) is 3. The van der Waals surface area contributed by atoms with Crippen molar-refractivity contribution in [3.8, 4) is 5.75 Å². The minimum atomic E-state index is -0.291. The highest BCUT2D eigenvalue weighted by Crippen LogP contribution is 2.16. The van der Waals surface area contributed by atoms with Crippen molar-refractivity contribution >= 4 is 22.5 Å². The zero-order chi connectivity index (χ0) is 16.9. The minimum absolute atomic E-state index is 0.0710. The molecule has 5 heteroatoms. The Kier molecular flexibility index (Phi) is 4.61. The second-order valence-electron chi connectivity index (χ2n) is 5.57. The summed E-state index contributed by atoms with van der Waals surface area (Å²) in [5.74, 6) is 0.409. The molecular formula is C19H19N3O2. The molecule has 0 unspecified atom stereocenters. The molecule has 1 aromatic heterocycles. The predicted molar refractivity (Wildman–Crippen MR) is 95.3 cm³/mol. The zero-order valence-electron chi connectivity index (χ0n) is 13.7. The molecule has 0 aliphatic rings. The number of H-pyrrole nitrogens is 1. The van der Waals surface area contributed by atoms with E-state index in [-0.39, 0.29) is 12.5 Å². The highest BCUT2D eigenvalue weighted by atomic mass is 16.5. The van der Waals surface area contributed by atoms with Crippen LogP contribution >= 0.6 is 0 Å². The summed E-state index contributed by atoms with van der Waals surface area (Å²) in [7, 11) is 0. The van der Waals surface area contributed by atoms with E-state index >= 15 is 0 Å². The molecule has 3 rings (SSSR count). The van der Waals surface area contributed by atoms with Crippen molar-refractivity contribution in [1.29, 1.82) is 0 Å². The Morgan fingerprint density at radius 1 is 1.21 bits per heavy atom. The number of aromatic nitrogens is 1. The van der Waals surface area contributed by atoms with Gasteiger partial charge in [-0.3, -0.25) is 4.79 Å². The number of hydrogen-bond donors (Lipinski definition) is 2. The van der Waals surface area contributed by atoms with Crippen molar-refractivity contribution in [3.05, 3.63) is 65.9 Å². The van der Waals surface area contributed by atoms with Gasteiger partial charge in [-0.1, -0.05) is 24.3 Å². The van der Waals surface area contributed by atoms with E-state index in [1.807, 2.05) is 68.6 Å². The number of aryl methyl sites for hydroxylation is 1. The molecule has 0 fully saturated rings. The van der Waals surface area contributed by atoms with E-state index in [0.29, 0.717) is 5.75 Å². The number of amides is 1. The molecule has 0 radical (unpaired) electrons. The van der Waals surface area contributed by atoms with E-state index < -0.39 is 0 Å². The number of rotatable bonds is 5. The first-order chi connectivity index (χ1) is 11.6. The number of benzene rings is 2. The van der Waals surface area contributed by atoms with Crippen LogP contribution in [0, 0.1) is 6.92 Å². The Labute approximate surface area is 140 Å². The summed E-state index contributed by atoms with van der Waals surface area (Å²) < 4.78 is 5.50. The summed E-state index contributed by atoms with van der Waals surface area (Å²) in [6.07, 6.45) is 1.89. The van der Waals surface area contributed by atoms with Gasteiger partial charge in [-0.05, 0) is 49.2 Å². The normalized spacial score (nSPS) is 11.5. The van der Waals surface area contributed by atoms with E-state index in [2.05, 4.69) is 15.5 Å². The Morgan fingerprint density at radius 2 is 2.04 bits per heavy atom. The monoisotopic (exact) mass is 321 g/mol. The van der Waals surface area contributed by atoms with Crippen LogP contribution in [0.15, 0.2) is 59.8 Å². The first kappa shape index (κ1) is 15.8. The Morgan fingerprint density at radius 3 is 2.88 bits per heavy atom. The molecule has 2 aromatic carbocycles. The van der Waals surface area contributed by atoms with Crippen molar-refractivity contribution in [1.82, 2.24) is 10.4 Å². The third-order valence-corrected chi connectivity index (χ3v) is 3.77. The fraction of sp³-hybridized carbons (Fsp3) is 0.158. The van der Waals surface area contributed by atoms with Gasteiger partial charge in [0, 0.05) is 17.1 Å². The third kappa shape index (κ3) is 3.63. The van der Waals surface area contributed by atoms with Crippen LogP contribution < -0.4 is 10.2 Å². The van der Waals surface area contributed by atoms with E-state index in [1.165, 1.54) is 0 Å². The Bertz CT molecular complexity index is 896. The average molecular weight is 321 g/mol. The number of fused-ring (bicyclic) bond motifs is 1. The lowest BCUT2D eigenvalue weighted by Crippen LogP contribution is -2.25. The van der Waals surface area contributed by atoms with Crippen LogP contribution in [-0.2, 0) is 4.79 Å². The summed E-state index contributed by atoms with van der Waals surface area (Å²) in [5.41, 5.74) is 6.29. The molecule has 2 N–H and O–H groups in total. The molecule has 122 valence electrons. The van der Waals surface area contributed by atoms with Gasteiger partial charge in [-0.2, -0.15) is 5.10 Å². The molecular weight excluding hydrogens is 302 g/mol. The van der Waals surface area contributed by atoms with E-state index in [9.17, 15) is 4.79 Å². The van der Waals surface area contributed by atoms with Gasteiger partial charge < -0.3 is 9.72 Å². The fourth-order valence-electron chi connectivity index (χ4n) is 2.38. The fourth-order valence-corrected chi connectivity index (χ4v) is 2.38. The lowest BCUT2D eigenvalue weighted by Gasteiger charge is -2.08. The predicted octanol–water partition coefficient (Wildman–Crippen LogP) is 3.40. The molecule has 24 heavy (non-hydrogen) atoms. The molecule has 0 aliphatic heterocycles. The summed E-state index contributed by atoms with van der Waals surface area (Å²) in [6.45, 7) is 3.72. The SMILES string of the molecule is C/C(=N\NC(=O)COc1ccccc1C)c1ccc2[nH]ccc2c1. The van der Waals surface area contributed by atoms with Gasteiger partial charge >= 0.3 is 0 Å². The lowest BCUT2D eigenvalue weighted by atomic mass is 10.1. The number of ether oxygens (including phenoxy) is 1. The number of nitrogens with one attached hydrogen (secondary N) is 2. The summed E-state index contributed by atoms with van der Waals surface area (Å²) >= 11 is 0. The largest absolute Gasteiger partial charge is 0.483 e. The van der Waals surface area contributed by atoms with Gasteiger partial charge in [0.1, 0.15) is 5.75 Å². The lowest BCUT2D eigenvalue weighted by molar-refractivity contribution is -0.123. The first-order valence-corrected chi connectivity index (χ1v) is 7.72. The molecule has 0 bridgehead atoms. The molecule has 3 aromatic rings. The minimum Gasteiger partial charge on any atom is -0.483 e. The van der Waals surface area contributed by atoms with E-state index in [0.717, 1.165) is 27.7 Å². The van der Waals surface area contributed by atoms with Crippen molar-refractivity contribution < 1.29 is 9.53 Å². The average Bonchev–Trinajstić information content (AvgIpc) is 3.06. The molecule has 0 saturated heterocycles. The number of para-hydroxylation sites is 1. The maximum atomic E-state index is 11.9. The van der Waals surface area contributed by atoms with Crippen LogP contribution in [0.1, 0.15) is 18.1 Å². The van der Waals surface area contributed by atoms with Crippen molar-refractivity contribution in [3.63, 3.8) is 0 Å². The van der Waals surface area contributed by atoms with Gasteiger partial charge in [0.15, 0.2) is 6.61 Å². The zero-order valence-corrected chi connectivity index (χ0v) is 13.7. The summed E-state index contributed by atoms with van der Waals surface area (Å²) in [4.78, 5) is 15.0. The van der Waals surface area contributed by atoms with Crippen LogP contribution in [0.2, 0.25) is 0 Å². The number of aromatic amines is 1. The Balaban J connectivity index is 1.59. The highest BCUT2D eigenvalue weighted by Gasteiger charge is 2.05. The van der Waals surface area contributed by atoms with Crippen molar-refractivity contribution in [2.45, 2.75) is 13.8 Å². The van der Waals surface area contributed by atoms with Gasteiger partial charge in [0.05, 0.1) is 5.71 Å². The van der Waals surface area contributed by atoms with Gasteiger partial charge in [-0.15, -0.1) is 0 Å². The molecule has 0 spiro atoms. The maximum Gasteiger partial charge on any atom is 0.277 e. The number of nitrogens with zero attached hydrogens (tertiary/aromatic N) is 1. The van der Waals surface area contributed by atoms with Crippen molar-refractivity contribution in [2.24, 2.45) is 5.10 Å². The maximum absolute atomic E-state index is 11.9. The van der Waals surface area contributed by atoms with Crippen molar-refractivity contribution in [2.75, 3.05) is 6.61 Å². The molecule has 0 saturated carbocycles. The van der Waals surface area contributed by atoms with Crippen LogP contribution in [0.25, 0.3) is 10.9 Å². The molecule has 1 heterocycles. The smallest absolute Gasteiger partial charge is 0.277 e. The number of carbonyl (C=O) groups is 1. The van der Waals surface area contributed by atoms with Crippen LogP contribution in [-0.4, -0.2) is 23.2 Å². The number of carbonyl (C=O) groups excluding carboxylic acids is 1. The second kappa shape index (κ2) is 7.00. The molecule has 5 nitrogen and oxygen atoms in total. The topological polar surface area (TPSA) is 66.5 Å². The second-order valence-corrected chi connectivity index (χ2v) is 5.57. The number of hydrazone groups is 1. The van der Waals surface area contributed by atoms with Crippen LogP contribution in [0.3, 0.4) is 0 Å². The van der Waals surface area contributed by atoms with E-state index in [1.54, 1.807) is 0 Å². The van der Waals surface area contributed by atoms with Gasteiger partial charge in [0.2, 0.25) is 0 Å². The third-order valence-electron chi connectivity index (χ3n) is 3.77. The highest BCUT2D eigenvalue weighted by molar-refractivity contribution is 6.02. The van der Waals surface area contributed by atoms with Gasteiger partial charge in [0.25, 0.3) is 5.91 Å². The molecule has 0 aliphatic carbocycles. The van der Waals surface area contributed by atoms with Gasteiger partial charge in [-0.25, -0.2) is 5.43 Å². The van der Waals surface area contributed by atoms with Crippen LogP contribution in [0.5, 0.6) is 5.75 Å². The first-order valence-electron chi connectivity index (χ1n) is 7.72. The standard InChI is InChI=1S/C19H19N3O2/c1-13-5-3-4-6-18(13)24-12-19(23)22-21-14(2)15-7-8-17-16(11-15)9-10-20-17/h3-11,20H,12H2,1-2H3,(H,22,23)/b21-14+. The quantitative estimate of drug-likeness (QED) is 0.559. The van der Waals surface area contributed by atoms with Crippen LogP contribution in [0.4, 0.5) is 0 Å². The molecule has 0 atom stereocenters. The summed E-state index contributed by atoms with van der Waals surface area (Å²) in [6, 6.07) is 15.6. The molecule has 1 amide bonds. The summed E-state index contributed by atoms with van der Waals surface area (Å²) in [5, 5.41) is 5.25. The Hall–Kier alpha value is -3.08. The van der Waals surface area contributed by atoms with E-state index in [4.69, 9.17) is 4.74 Å².